The second-order valence-electron chi connectivity index (χ2n) is 9.56. The molecule has 1 aliphatic heterocycles. The molecule has 5 rings (SSSR count). The molecule has 3 aromatic rings. The average molecular weight is 471 g/mol. The highest BCUT2D eigenvalue weighted by atomic mass is 32.1. The van der Waals surface area contributed by atoms with Gasteiger partial charge in [-0.3, -0.25) is 0 Å². The summed E-state index contributed by atoms with van der Waals surface area (Å²) in [4.78, 5) is 11.9. The topological polar surface area (TPSA) is 52.8 Å². The number of fused-ring (bicyclic) bond motifs is 1. The SMILES string of the molecule is N#CCc1ccc(CC2CCC3(CCN(c4ncnc5sc(CC(F)(F)F)cc45)C3)C2)cc1. The number of anilines is 1. The lowest BCUT2D eigenvalue weighted by Crippen LogP contribution is -2.26. The maximum atomic E-state index is 12.9. The molecule has 1 aromatic carbocycles. The number of halogens is 3. The molecule has 0 radical (unpaired) electrons. The van der Waals surface area contributed by atoms with Crippen molar-refractivity contribution in [3.8, 4) is 6.07 Å². The Balaban J connectivity index is 1.27. The lowest BCUT2D eigenvalue weighted by Gasteiger charge is -2.25. The Bertz CT molecular complexity index is 1180. The summed E-state index contributed by atoms with van der Waals surface area (Å²) in [5.41, 5.74) is 2.63. The van der Waals surface area contributed by atoms with Gasteiger partial charge in [0.05, 0.1) is 24.3 Å². The fourth-order valence-corrected chi connectivity index (χ4v) is 6.66. The van der Waals surface area contributed by atoms with E-state index in [-0.39, 0.29) is 10.3 Å². The van der Waals surface area contributed by atoms with Crippen molar-refractivity contribution in [1.82, 2.24) is 9.97 Å². The summed E-state index contributed by atoms with van der Waals surface area (Å²) in [5.74, 6) is 1.41. The predicted molar refractivity (Wildman–Crippen MR) is 123 cm³/mol. The number of aromatic nitrogens is 2. The minimum atomic E-state index is -4.22. The molecule has 1 saturated carbocycles. The number of nitriles is 1. The number of benzene rings is 1. The zero-order chi connectivity index (χ0) is 23.1. The Labute approximate surface area is 195 Å². The van der Waals surface area contributed by atoms with E-state index in [0.717, 1.165) is 54.0 Å². The van der Waals surface area contributed by atoms with Crippen LogP contribution in [0.1, 0.15) is 41.7 Å². The molecule has 33 heavy (non-hydrogen) atoms. The molecule has 1 saturated heterocycles. The molecule has 2 aromatic heterocycles. The molecule has 2 fully saturated rings. The van der Waals surface area contributed by atoms with Crippen LogP contribution in [0.5, 0.6) is 0 Å². The van der Waals surface area contributed by atoms with E-state index in [1.54, 1.807) is 6.07 Å². The molecule has 172 valence electrons. The van der Waals surface area contributed by atoms with Crippen LogP contribution in [0.4, 0.5) is 19.0 Å². The predicted octanol–water partition coefficient (Wildman–Crippen LogP) is 6.10. The quantitative estimate of drug-likeness (QED) is 0.452. The van der Waals surface area contributed by atoms with E-state index < -0.39 is 12.6 Å². The van der Waals surface area contributed by atoms with Crippen molar-refractivity contribution in [1.29, 1.82) is 5.26 Å². The molecule has 1 spiro atoms. The van der Waals surface area contributed by atoms with E-state index in [1.807, 2.05) is 0 Å². The van der Waals surface area contributed by atoms with Crippen LogP contribution in [0.3, 0.4) is 0 Å². The first-order valence-corrected chi connectivity index (χ1v) is 12.1. The van der Waals surface area contributed by atoms with Crippen LogP contribution in [0.2, 0.25) is 0 Å². The van der Waals surface area contributed by atoms with Crippen molar-refractivity contribution in [3.05, 3.63) is 52.7 Å². The summed E-state index contributed by atoms with van der Waals surface area (Å²) in [6, 6.07) is 12.2. The van der Waals surface area contributed by atoms with Gasteiger partial charge in [0.15, 0.2) is 0 Å². The molecule has 2 atom stereocenters. The maximum absolute atomic E-state index is 12.9. The van der Waals surface area contributed by atoms with Crippen LogP contribution in [-0.4, -0.2) is 29.2 Å². The van der Waals surface area contributed by atoms with Crippen molar-refractivity contribution in [3.63, 3.8) is 0 Å². The third-order valence-electron chi connectivity index (χ3n) is 7.11. The molecule has 0 bridgehead atoms. The Hall–Kier alpha value is -2.66. The largest absolute Gasteiger partial charge is 0.393 e. The number of rotatable bonds is 5. The van der Waals surface area contributed by atoms with Crippen LogP contribution in [0.25, 0.3) is 10.2 Å². The Morgan fingerprint density at radius 1 is 1.15 bits per heavy atom. The third kappa shape index (κ3) is 4.84. The Morgan fingerprint density at radius 2 is 1.94 bits per heavy atom. The number of alkyl halides is 3. The number of hydrogen-bond acceptors (Lipinski definition) is 5. The summed E-state index contributed by atoms with van der Waals surface area (Å²) < 4.78 is 38.6. The molecule has 0 N–H and O–H groups in total. The molecule has 3 heterocycles. The van der Waals surface area contributed by atoms with Crippen molar-refractivity contribution in [2.24, 2.45) is 11.3 Å². The van der Waals surface area contributed by atoms with Gasteiger partial charge in [0, 0.05) is 18.0 Å². The van der Waals surface area contributed by atoms with Gasteiger partial charge in [0.25, 0.3) is 0 Å². The molecular weight excluding hydrogens is 445 g/mol. The lowest BCUT2D eigenvalue weighted by molar-refractivity contribution is -0.126. The number of thiophene rings is 1. The second-order valence-corrected chi connectivity index (χ2v) is 10.7. The van der Waals surface area contributed by atoms with E-state index in [4.69, 9.17) is 5.26 Å². The minimum absolute atomic E-state index is 0.257. The van der Waals surface area contributed by atoms with Crippen molar-refractivity contribution in [2.45, 2.75) is 51.1 Å². The Morgan fingerprint density at radius 3 is 2.70 bits per heavy atom. The van der Waals surface area contributed by atoms with E-state index in [1.165, 1.54) is 31.2 Å². The summed E-state index contributed by atoms with van der Waals surface area (Å²) in [6.07, 6.45) is 2.47. The zero-order valence-electron chi connectivity index (χ0n) is 18.2. The highest BCUT2D eigenvalue weighted by Crippen LogP contribution is 2.50. The van der Waals surface area contributed by atoms with Crippen LogP contribution < -0.4 is 4.90 Å². The first-order chi connectivity index (χ1) is 15.8. The molecule has 4 nitrogen and oxygen atoms in total. The Kier molecular flexibility index (Phi) is 5.77. The van der Waals surface area contributed by atoms with E-state index in [9.17, 15) is 13.2 Å². The zero-order valence-corrected chi connectivity index (χ0v) is 19.1. The van der Waals surface area contributed by atoms with Gasteiger partial charge in [0.1, 0.15) is 17.0 Å². The molecule has 1 aliphatic carbocycles. The van der Waals surface area contributed by atoms with Gasteiger partial charge >= 0.3 is 6.18 Å². The van der Waals surface area contributed by atoms with Crippen LogP contribution in [0, 0.1) is 22.7 Å². The van der Waals surface area contributed by atoms with Crippen molar-refractivity contribution in [2.75, 3.05) is 18.0 Å². The fourth-order valence-electron chi connectivity index (χ4n) is 5.64. The highest BCUT2D eigenvalue weighted by Gasteiger charge is 2.44. The average Bonchev–Trinajstić information content (AvgIpc) is 3.47. The normalized spacial score (nSPS) is 23.0. The summed E-state index contributed by atoms with van der Waals surface area (Å²) >= 11 is 1.11. The number of hydrogen-bond donors (Lipinski definition) is 0. The second kappa shape index (κ2) is 8.60. The maximum Gasteiger partial charge on any atom is 0.393 e. The summed E-state index contributed by atoms with van der Waals surface area (Å²) in [5, 5.41) is 9.58. The third-order valence-corrected chi connectivity index (χ3v) is 8.15. The summed E-state index contributed by atoms with van der Waals surface area (Å²) in [7, 11) is 0. The smallest absolute Gasteiger partial charge is 0.355 e. The van der Waals surface area contributed by atoms with E-state index in [0.29, 0.717) is 17.2 Å². The van der Waals surface area contributed by atoms with Crippen LogP contribution in [-0.2, 0) is 19.3 Å². The van der Waals surface area contributed by atoms with Gasteiger partial charge in [0.2, 0.25) is 0 Å². The molecule has 2 unspecified atom stereocenters. The van der Waals surface area contributed by atoms with Crippen molar-refractivity contribution >= 4 is 27.4 Å². The van der Waals surface area contributed by atoms with Gasteiger partial charge < -0.3 is 4.90 Å². The van der Waals surface area contributed by atoms with Crippen molar-refractivity contribution < 1.29 is 13.2 Å². The first-order valence-electron chi connectivity index (χ1n) is 11.3. The monoisotopic (exact) mass is 470 g/mol. The van der Waals surface area contributed by atoms with Gasteiger partial charge in [-0.05, 0) is 60.6 Å². The van der Waals surface area contributed by atoms with Crippen LogP contribution in [0.15, 0.2) is 36.7 Å². The minimum Gasteiger partial charge on any atom is -0.355 e. The fraction of sp³-hybridized carbons (Fsp3) is 0.480. The molecular formula is C25H25F3N4S. The summed E-state index contributed by atoms with van der Waals surface area (Å²) in [6.45, 7) is 1.79. The molecule has 2 aliphatic rings. The van der Waals surface area contributed by atoms with Gasteiger partial charge in [-0.2, -0.15) is 18.4 Å². The first kappa shape index (κ1) is 22.1. The molecule has 8 heteroatoms. The van der Waals surface area contributed by atoms with E-state index in [2.05, 4.69) is 45.2 Å². The van der Waals surface area contributed by atoms with E-state index >= 15 is 0 Å². The van der Waals surface area contributed by atoms with Gasteiger partial charge in [-0.25, -0.2) is 9.97 Å². The number of nitrogens with zero attached hydrogens (tertiary/aromatic N) is 4. The van der Waals surface area contributed by atoms with Crippen LogP contribution >= 0.6 is 11.3 Å². The lowest BCUT2D eigenvalue weighted by atomic mass is 9.83. The van der Waals surface area contributed by atoms with Gasteiger partial charge in [-0.1, -0.05) is 24.3 Å². The standard InChI is InChI=1S/C25H25F3N4S/c26-25(27,28)14-20-12-21-22(30-16-31-23(21)33-20)32-10-8-24(15-32)7-5-19(13-24)11-18-3-1-17(2-4-18)6-9-29/h1-4,12,16,19H,5-8,10-11,13-15H2. The molecule has 0 amide bonds. The van der Waals surface area contributed by atoms with Gasteiger partial charge in [-0.15, -0.1) is 11.3 Å². The highest BCUT2D eigenvalue weighted by molar-refractivity contribution is 7.18.